The summed E-state index contributed by atoms with van der Waals surface area (Å²) in [5.41, 5.74) is 4.63. The largest absolute Gasteiger partial charge is 0.480 e. The second-order valence-electron chi connectivity index (χ2n) is 6.71. The van der Waals surface area contributed by atoms with Crippen molar-refractivity contribution in [2.75, 3.05) is 24.5 Å². The minimum atomic E-state index is -4.63. The zero-order valence-electron chi connectivity index (χ0n) is 16.0. The molecule has 1 aromatic heterocycles. The van der Waals surface area contributed by atoms with Gasteiger partial charge in [0.25, 0.3) is 5.91 Å². The number of primary amides is 1. The second kappa shape index (κ2) is 8.09. The minimum absolute atomic E-state index is 0.0643. The number of rotatable bonds is 5. The number of nitrogens with two attached hydrogens (primary N) is 1. The number of halogens is 3. The molecule has 1 amide bonds. The molecule has 1 atom stereocenters. The molecule has 1 aromatic carbocycles. The van der Waals surface area contributed by atoms with E-state index in [0.717, 1.165) is 27.8 Å². The van der Waals surface area contributed by atoms with E-state index in [1.807, 2.05) is 0 Å². The van der Waals surface area contributed by atoms with E-state index in [0.29, 0.717) is 23.0 Å². The van der Waals surface area contributed by atoms with Crippen LogP contribution in [0.5, 0.6) is 0 Å². The average Bonchev–Trinajstić information content (AvgIpc) is 3.09. The number of sulfonamides is 1. The standard InChI is InChI=1S/C17H17F3N4O5S2/c1-9-13(14(21)25)30-16(22-9)23-6-7-24(12(8-23)15(26)27)31(28,29)11-4-2-10(3-5-11)17(18,19)20/h2-5,12H,6-8H2,1H3,(H2,21,25)(H,26,27)/t12-/m1/s1. The van der Waals surface area contributed by atoms with Gasteiger partial charge in [-0.15, -0.1) is 0 Å². The summed E-state index contributed by atoms with van der Waals surface area (Å²) in [6.07, 6.45) is -4.63. The van der Waals surface area contributed by atoms with E-state index in [1.165, 1.54) is 4.90 Å². The number of aromatic nitrogens is 1. The van der Waals surface area contributed by atoms with Crippen molar-refractivity contribution >= 4 is 38.4 Å². The number of hydrogen-bond acceptors (Lipinski definition) is 7. The number of nitrogens with zero attached hydrogens (tertiary/aromatic N) is 3. The molecule has 0 radical (unpaired) electrons. The van der Waals surface area contributed by atoms with Gasteiger partial charge in [0.1, 0.15) is 10.9 Å². The number of amides is 1. The van der Waals surface area contributed by atoms with Crippen molar-refractivity contribution in [1.82, 2.24) is 9.29 Å². The molecule has 14 heteroatoms. The van der Waals surface area contributed by atoms with Crippen LogP contribution in [0.2, 0.25) is 0 Å². The van der Waals surface area contributed by atoms with Gasteiger partial charge in [-0.1, -0.05) is 11.3 Å². The topological polar surface area (TPSA) is 134 Å². The zero-order valence-corrected chi connectivity index (χ0v) is 17.6. The lowest BCUT2D eigenvalue weighted by molar-refractivity contribution is -0.141. The second-order valence-corrected chi connectivity index (χ2v) is 9.58. The van der Waals surface area contributed by atoms with Gasteiger partial charge in [-0.3, -0.25) is 9.59 Å². The summed E-state index contributed by atoms with van der Waals surface area (Å²) < 4.78 is 64.9. The van der Waals surface area contributed by atoms with Gasteiger partial charge in [-0.05, 0) is 31.2 Å². The van der Waals surface area contributed by atoms with E-state index in [-0.39, 0.29) is 24.5 Å². The fourth-order valence-corrected chi connectivity index (χ4v) is 5.64. The molecule has 0 bridgehead atoms. The summed E-state index contributed by atoms with van der Waals surface area (Å²) in [4.78, 5) is 28.8. The SMILES string of the molecule is Cc1nc(N2CCN(S(=O)(=O)c3ccc(C(F)(F)F)cc3)[C@@H](C(=O)O)C2)sc1C(N)=O. The van der Waals surface area contributed by atoms with Gasteiger partial charge in [0.15, 0.2) is 5.13 Å². The van der Waals surface area contributed by atoms with Gasteiger partial charge < -0.3 is 15.7 Å². The highest BCUT2D eigenvalue weighted by Gasteiger charge is 2.41. The maximum atomic E-state index is 12.9. The molecule has 3 rings (SSSR count). The molecule has 0 unspecified atom stereocenters. The molecule has 3 N–H and O–H groups in total. The Morgan fingerprint density at radius 1 is 1.23 bits per heavy atom. The van der Waals surface area contributed by atoms with E-state index < -0.39 is 44.6 Å². The van der Waals surface area contributed by atoms with Crippen molar-refractivity contribution < 1.29 is 36.3 Å². The molecule has 31 heavy (non-hydrogen) atoms. The Labute approximate surface area is 178 Å². The molecule has 2 heterocycles. The molecule has 0 saturated carbocycles. The molecule has 2 aromatic rings. The number of carbonyl (C=O) groups is 2. The van der Waals surface area contributed by atoms with Crippen molar-refractivity contribution in [3.05, 3.63) is 40.4 Å². The number of benzene rings is 1. The van der Waals surface area contributed by atoms with Gasteiger partial charge in [0.2, 0.25) is 10.0 Å². The van der Waals surface area contributed by atoms with Crippen LogP contribution in [0, 0.1) is 6.92 Å². The number of carbonyl (C=O) groups excluding carboxylic acids is 1. The molecule has 1 aliphatic heterocycles. The molecular weight excluding hydrogens is 461 g/mol. The number of piperazine rings is 1. The quantitative estimate of drug-likeness (QED) is 0.666. The van der Waals surface area contributed by atoms with Crippen LogP contribution in [0.15, 0.2) is 29.2 Å². The normalized spacial score (nSPS) is 18.2. The van der Waals surface area contributed by atoms with Crippen molar-refractivity contribution in [3.63, 3.8) is 0 Å². The van der Waals surface area contributed by atoms with Crippen LogP contribution in [0.3, 0.4) is 0 Å². The number of carboxylic acids is 1. The Balaban J connectivity index is 1.88. The van der Waals surface area contributed by atoms with Crippen LogP contribution >= 0.6 is 11.3 Å². The molecule has 168 valence electrons. The van der Waals surface area contributed by atoms with Crippen molar-refractivity contribution in [3.8, 4) is 0 Å². The molecular formula is C17H17F3N4O5S2. The van der Waals surface area contributed by atoms with Crippen LogP contribution in [-0.2, 0) is 21.0 Å². The highest BCUT2D eigenvalue weighted by Crippen LogP contribution is 2.32. The zero-order chi connectivity index (χ0) is 23.1. The molecule has 0 spiro atoms. The Morgan fingerprint density at radius 3 is 2.32 bits per heavy atom. The summed E-state index contributed by atoms with van der Waals surface area (Å²) in [7, 11) is -4.37. The van der Waals surface area contributed by atoms with E-state index in [2.05, 4.69) is 4.98 Å². The number of hydrogen-bond donors (Lipinski definition) is 2. The predicted molar refractivity (Wildman–Crippen MR) is 104 cm³/mol. The molecule has 1 saturated heterocycles. The van der Waals surface area contributed by atoms with Crippen molar-refractivity contribution in [1.29, 1.82) is 0 Å². The van der Waals surface area contributed by atoms with E-state index in [1.54, 1.807) is 6.92 Å². The smallest absolute Gasteiger partial charge is 0.416 e. The molecule has 1 fully saturated rings. The maximum absolute atomic E-state index is 12.9. The van der Waals surface area contributed by atoms with Gasteiger partial charge in [0.05, 0.1) is 16.2 Å². The van der Waals surface area contributed by atoms with Crippen LogP contribution in [0.25, 0.3) is 0 Å². The summed E-state index contributed by atoms with van der Waals surface area (Å²) >= 11 is 0.970. The third-order valence-corrected chi connectivity index (χ3v) is 7.84. The number of anilines is 1. The highest BCUT2D eigenvalue weighted by molar-refractivity contribution is 7.89. The van der Waals surface area contributed by atoms with Crippen LogP contribution in [0.4, 0.5) is 18.3 Å². The Bertz CT molecular complexity index is 1120. The molecule has 9 nitrogen and oxygen atoms in total. The van der Waals surface area contributed by atoms with Crippen LogP contribution in [0.1, 0.15) is 20.9 Å². The van der Waals surface area contributed by atoms with Gasteiger partial charge in [0, 0.05) is 19.6 Å². The Kier molecular flexibility index (Phi) is 5.99. The minimum Gasteiger partial charge on any atom is -0.480 e. The number of alkyl halides is 3. The van der Waals surface area contributed by atoms with Crippen LogP contribution < -0.4 is 10.6 Å². The summed E-state index contributed by atoms with van der Waals surface area (Å²) in [5, 5.41) is 9.93. The fourth-order valence-electron chi connectivity index (χ4n) is 3.13. The van der Waals surface area contributed by atoms with Crippen molar-refractivity contribution in [2.45, 2.75) is 24.0 Å². The summed E-state index contributed by atoms with van der Waals surface area (Å²) in [6, 6.07) is 1.34. The molecule has 0 aliphatic carbocycles. The van der Waals surface area contributed by atoms with Gasteiger partial charge in [-0.2, -0.15) is 17.5 Å². The monoisotopic (exact) mass is 478 g/mol. The van der Waals surface area contributed by atoms with Gasteiger partial charge >= 0.3 is 12.1 Å². The number of thiazole rings is 1. The first-order valence-corrected chi connectivity index (χ1v) is 11.0. The third-order valence-electron chi connectivity index (χ3n) is 4.68. The van der Waals surface area contributed by atoms with E-state index in [9.17, 15) is 36.3 Å². The first-order chi connectivity index (χ1) is 14.3. The molecule has 1 aliphatic rings. The lowest BCUT2D eigenvalue weighted by atomic mass is 10.2. The highest BCUT2D eigenvalue weighted by atomic mass is 32.2. The first-order valence-electron chi connectivity index (χ1n) is 8.76. The summed E-state index contributed by atoms with van der Waals surface area (Å²) in [6.45, 7) is 1.13. The lowest BCUT2D eigenvalue weighted by Crippen LogP contribution is -2.58. The lowest BCUT2D eigenvalue weighted by Gasteiger charge is -2.38. The number of aliphatic carboxylic acids is 1. The predicted octanol–water partition coefficient (Wildman–Crippen LogP) is 1.53. The maximum Gasteiger partial charge on any atom is 0.416 e. The van der Waals surface area contributed by atoms with Crippen LogP contribution in [-0.4, -0.2) is 60.4 Å². The first kappa shape index (κ1) is 23.0. The average molecular weight is 478 g/mol. The third kappa shape index (κ3) is 4.50. The van der Waals surface area contributed by atoms with Crippen molar-refractivity contribution in [2.24, 2.45) is 5.73 Å². The number of carboxylic acid groups (broad SMARTS) is 1. The Hall–Kier alpha value is -2.71. The summed E-state index contributed by atoms with van der Waals surface area (Å²) in [5.74, 6) is -2.11. The Morgan fingerprint density at radius 2 is 1.84 bits per heavy atom. The van der Waals surface area contributed by atoms with Gasteiger partial charge in [-0.25, -0.2) is 13.4 Å². The fraction of sp³-hybridized carbons (Fsp3) is 0.353. The van der Waals surface area contributed by atoms with E-state index in [4.69, 9.17) is 5.73 Å². The number of aryl methyl sites for hydroxylation is 1. The van der Waals surface area contributed by atoms with E-state index >= 15 is 0 Å².